The first kappa shape index (κ1) is 11.7. The van der Waals surface area contributed by atoms with Gasteiger partial charge in [-0.15, -0.1) is 0 Å². The topological polar surface area (TPSA) is 37.3 Å². The molecule has 0 heterocycles. The number of carbonyl (C=O) groups is 1. The third-order valence-corrected chi connectivity index (χ3v) is 2.99. The number of rotatable bonds is 0. The first-order chi connectivity index (χ1) is 6.79. The molecular weight excluding hydrogens is 176 g/mol. The van der Waals surface area contributed by atoms with Crippen molar-refractivity contribution in [3.63, 3.8) is 0 Å². The lowest BCUT2D eigenvalue weighted by Gasteiger charge is -2.14. The SMILES string of the molecule is O=C1CCCCC1.OC1CCCCC1. The number of hydrogen-bond acceptors (Lipinski definition) is 2. The first-order valence-electron chi connectivity index (χ1n) is 5.99. The summed E-state index contributed by atoms with van der Waals surface area (Å²) in [6, 6.07) is 0. The molecule has 2 aliphatic carbocycles. The number of Topliss-reactive ketones (excluding diaryl/α,β-unsaturated/α-hetero) is 1. The summed E-state index contributed by atoms with van der Waals surface area (Å²) in [6.45, 7) is 0. The summed E-state index contributed by atoms with van der Waals surface area (Å²) in [4.78, 5) is 10.5. The Labute approximate surface area is 86.7 Å². The monoisotopic (exact) mass is 198 g/mol. The van der Waals surface area contributed by atoms with Crippen LogP contribution in [-0.4, -0.2) is 17.0 Å². The van der Waals surface area contributed by atoms with Crippen LogP contribution >= 0.6 is 0 Å². The van der Waals surface area contributed by atoms with E-state index in [2.05, 4.69) is 0 Å². The van der Waals surface area contributed by atoms with E-state index < -0.39 is 0 Å². The highest BCUT2D eigenvalue weighted by atomic mass is 16.3. The zero-order valence-corrected chi connectivity index (χ0v) is 9.00. The van der Waals surface area contributed by atoms with Gasteiger partial charge in [0.25, 0.3) is 0 Å². The number of aliphatic hydroxyl groups is 1. The molecular formula is C12H22O2. The van der Waals surface area contributed by atoms with Crippen molar-refractivity contribution >= 4 is 5.78 Å². The highest BCUT2D eigenvalue weighted by Crippen LogP contribution is 2.16. The summed E-state index contributed by atoms with van der Waals surface area (Å²) in [5, 5.41) is 8.91. The van der Waals surface area contributed by atoms with Gasteiger partial charge in [0.05, 0.1) is 6.10 Å². The maximum absolute atomic E-state index is 10.5. The Morgan fingerprint density at radius 3 is 1.64 bits per heavy atom. The van der Waals surface area contributed by atoms with E-state index in [1.807, 2.05) is 0 Å². The molecule has 2 fully saturated rings. The summed E-state index contributed by atoms with van der Waals surface area (Å²) >= 11 is 0. The summed E-state index contributed by atoms with van der Waals surface area (Å²) in [6.07, 6.45) is 11.2. The molecule has 0 aromatic carbocycles. The van der Waals surface area contributed by atoms with Crippen molar-refractivity contribution in [3.05, 3.63) is 0 Å². The average molecular weight is 198 g/mol. The predicted octanol–water partition coefficient (Wildman–Crippen LogP) is 2.83. The normalized spacial score (nSPS) is 23.9. The van der Waals surface area contributed by atoms with Crippen LogP contribution in [-0.2, 0) is 4.79 Å². The molecule has 0 saturated heterocycles. The Morgan fingerprint density at radius 2 is 1.36 bits per heavy atom. The molecule has 14 heavy (non-hydrogen) atoms. The van der Waals surface area contributed by atoms with E-state index in [-0.39, 0.29) is 6.10 Å². The quantitative estimate of drug-likeness (QED) is 0.650. The second kappa shape index (κ2) is 6.99. The Morgan fingerprint density at radius 1 is 0.857 bits per heavy atom. The van der Waals surface area contributed by atoms with E-state index in [9.17, 15) is 4.79 Å². The number of carbonyl (C=O) groups excluding carboxylic acids is 1. The standard InChI is InChI=1S/C6H12O.C6H10O/c2*7-6-4-2-1-3-5-6/h6-7H,1-5H2;1-5H2. The van der Waals surface area contributed by atoms with E-state index in [4.69, 9.17) is 5.11 Å². The highest BCUT2D eigenvalue weighted by molar-refractivity contribution is 5.78. The molecule has 0 unspecified atom stereocenters. The molecule has 2 heteroatoms. The van der Waals surface area contributed by atoms with Gasteiger partial charge in [-0.3, -0.25) is 4.79 Å². The second-order valence-electron chi connectivity index (χ2n) is 4.39. The molecule has 2 aliphatic rings. The smallest absolute Gasteiger partial charge is 0.132 e. The minimum absolute atomic E-state index is 0.0359. The Kier molecular flexibility index (Phi) is 5.85. The van der Waals surface area contributed by atoms with Crippen LogP contribution in [0.25, 0.3) is 0 Å². The van der Waals surface area contributed by atoms with Crippen molar-refractivity contribution in [1.82, 2.24) is 0 Å². The van der Waals surface area contributed by atoms with Crippen LogP contribution in [0, 0.1) is 0 Å². The lowest BCUT2D eigenvalue weighted by molar-refractivity contribution is -0.120. The van der Waals surface area contributed by atoms with Crippen LogP contribution in [0.5, 0.6) is 0 Å². The molecule has 2 nitrogen and oxygen atoms in total. The van der Waals surface area contributed by atoms with Gasteiger partial charge in [-0.05, 0) is 25.7 Å². The largest absolute Gasteiger partial charge is 0.393 e. The predicted molar refractivity (Wildman–Crippen MR) is 57.2 cm³/mol. The van der Waals surface area contributed by atoms with Crippen molar-refractivity contribution in [2.45, 2.75) is 70.3 Å². The Bertz CT molecular complexity index is 152. The molecule has 1 N–H and O–H groups in total. The van der Waals surface area contributed by atoms with E-state index in [1.165, 1.54) is 25.7 Å². The molecule has 0 aromatic rings. The Hall–Kier alpha value is -0.370. The van der Waals surface area contributed by atoms with E-state index in [1.54, 1.807) is 0 Å². The van der Waals surface area contributed by atoms with Gasteiger partial charge < -0.3 is 5.11 Å². The zero-order valence-electron chi connectivity index (χ0n) is 9.00. The average Bonchev–Trinajstić information content (AvgIpc) is 2.21. The summed E-state index contributed by atoms with van der Waals surface area (Å²) in [5.74, 6) is 0.464. The summed E-state index contributed by atoms with van der Waals surface area (Å²) in [5.41, 5.74) is 0. The van der Waals surface area contributed by atoms with Gasteiger partial charge in [0.1, 0.15) is 5.78 Å². The van der Waals surface area contributed by atoms with Crippen LogP contribution in [0.2, 0.25) is 0 Å². The zero-order chi connectivity index (χ0) is 10.2. The first-order valence-corrected chi connectivity index (χ1v) is 5.99. The highest BCUT2D eigenvalue weighted by Gasteiger charge is 2.07. The third-order valence-electron chi connectivity index (χ3n) is 2.99. The van der Waals surface area contributed by atoms with Crippen LogP contribution in [0.3, 0.4) is 0 Å². The van der Waals surface area contributed by atoms with Gasteiger partial charge in [-0.25, -0.2) is 0 Å². The molecule has 0 atom stereocenters. The lowest BCUT2D eigenvalue weighted by atomic mass is 9.98. The number of hydrogen-bond donors (Lipinski definition) is 1. The van der Waals surface area contributed by atoms with Crippen LogP contribution in [0.1, 0.15) is 64.2 Å². The van der Waals surface area contributed by atoms with Gasteiger partial charge >= 0.3 is 0 Å². The minimum Gasteiger partial charge on any atom is -0.393 e. The van der Waals surface area contributed by atoms with Crippen molar-refractivity contribution in [2.24, 2.45) is 0 Å². The van der Waals surface area contributed by atoms with Gasteiger partial charge in [0.2, 0.25) is 0 Å². The molecule has 0 spiro atoms. The number of ketones is 1. The maximum Gasteiger partial charge on any atom is 0.132 e. The van der Waals surface area contributed by atoms with Crippen LogP contribution in [0.15, 0.2) is 0 Å². The number of aliphatic hydroxyl groups excluding tert-OH is 1. The molecule has 0 aromatic heterocycles. The van der Waals surface area contributed by atoms with E-state index in [0.29, 0.717) is 5.78 Å². The van der Waals surface area contributed by atoms with Crippen LogP contribution in [0.4, 0.5) is 0 Å². The van der Waals surface area contributed by atoms with Crippen molar-refractivity contribution in [1.29, 1.82) is 0 Å². The maximum atomic E-state index is 10.5. The fourth-order valence-corrected chi connectivity index (χ4v) is 2.03. The van der Waals surface area contributed by atoms with E-state index in [0.717, 1.165) is 38.5 Å². The molecule has 82 valence electrons. The lowest BCUT2D eigenvalue weighted by Crippen LogP contribution is -2.09. The molecule has 2 saturated carbocycles. The molecule has 0 bridgehead atoms. The summed E-state index contributed by atoms with van der Waals surface area (Å²) in [7, 11) is 0. The molecule has 0 amide bonds. The minimum atomic E-state index is 0.0359. The third kappa shape index (κ3) is 5.38. The van der Waals surface area contributed by atoms with Gasteiger partial charge in [-0.1, -0.05) is 25.7 Å². The molecule has 0 aliphatic heterocycles. The Balaban J connectivity index is 0.000000140. The van der Waals surface area contributed by atoms with Crippen molar-refractivity contribution in [2.75, 3.05) is 0 Å². The fourth-order valence-electron chi connectivity index (χ4n) is 2.03. The van der Waals surface area contributed by atoms with E-state index >= 15 is 0 Å². The summed E-state index contributed by atoms with van der Waals surface area (Å²) < 4.78 is 0. The van der Waals surface area contributed by atoms with Gasteiger partial charge in [0, 0.05) is 12.8 Å². The van der Waals surface area contributed by atoms with Crippen molar-refractivity contribution < 1.29 is 9.90 Å². The molecule has 0 radical (unpaired) electrons. The fraction of sp³-hybridized carbons (Fsp3) is 0.917. The van der Waals surface area contributed by atoms with Gasteiger partial charge in [-0.2, -0.15) is 0 Å². The van der Waals surface area contributed by atoms with Gasteiger partial charge in [0.15, 0.2) is 0 Å². The van der Waals surface area contributed by atoms with Crippen molar-refractivity contribution in [3.8, 4) is 0 Å². The second-order valence-corrected chi connectivity index (χ2v) is 4.39. The van der Waals surface area contributed by atoms with Crippen LogP contribution < -0.4 is 0 Å². The molecule has 2 rings (SSSR count).